The van der Waals surface area contributed by atoms with Gasteiger partial charge in [0, 0.05) is 11.5 Å². The fourth-order valence-corrected chi connectivity index (χ4v) is 1.54. The predicted molar refractivity (Wildman–Crippen MR) is 60.9 cm³/mol. The minimum absolute atomic E-state index is 0.0477. The number of Topliss-reactive ketones (excluding diaryl/α,β-unsaturated/α-hetero) is 1. The van der Waals surface area contributed by atoms with Crippen molar-refractivity contribution in [2.75, 3.05) is 0 Å². The normalized spacial score (nSPS) is 11.9. The standard InChI is InChI=1S/C13H18O2/c1-9(2)12(14)10-7-5-6-8-11(10)13(3,4)15/h5-9,15H,1-4H3. The Hall–Kier alpha value is -1.15. The van der Waals surface area contributed by atoms with Gasteiger partial charge in [-0.2, -0.15) is 0 Å². The highest BCUT2D eigenvalue weighted by Crippen LogP contribution is 2.25. The smallest absolute Gasteiger partial charge is 0.165 e. The zero-order valence-electron chi connectivity index (χ0n) is 9.74. The van der Waals surface area contributed by atoms with Crippen LogP contribution in [0.3, 0.4) is 0 Å². The topological polar surface area (TPSA) is 37.3 Å². The van der Waals surface area contributed by atoms with E-state index in [4.69, 9.17) is 0 Å². The summed E-state index contributed by atoms with van der Waals surface area (Å²) in [4.78, 5) is 11.9. The molecule has 1 aromatic carbocycles. The fraction of sp³-hybridized carbons (Fsp3) is 0.462. The molecule has 15 heavy (non-hydrogen) atoms. The Morgan fingerprint density at radius 1 is 1.27 bits per heavy atom. The molecule has 0 aromatic heterocycles. The van der Waals surface area contributed by atoms with Gasteiger partial charge >= 0.3 is 0 Å². The maximum absolute atomic E-state index is 11.9. The first-order valence-corrected chi connectivity index (χ1v) is 5.20. The molecule has 1 N–H and O–H groups in total. The van der Waals surface area contributed by atoms with Crippen LogP contribution >= 0.6 is 0 Å². The monoisotopic (exact) mass is 206 g/mol. The Balaban J connectivity index is 3.25. The highest BCUT2D eigenvalue weighted by atomic mass is 16.3. The minimum atomic E-state index is -0.971. The number of benzene rings is 1. The minimum Gasteiger partial charge on any atom is -0.386 e. The number of carbonyl (C=O) groups excluding carboxylic acids is 1. The molecule has 0 atom stereocenters. The summed E-state index contributed by atoms with van der Waals surface area (Å²) in [5.74, 6) is 0.0289. The van der Waals surface area contributed by atoms with Crippen molar-refractivity contribution < 1.29 is 9.90 Å². The molecule has 1 aromatic rings. The summed E-state index contributed by atoms with van der Waals surface area (Å²) in [7, 11) is 0. The molecule has 0 saturated heterocycles. The number of aliphatic hydroxyl groups is 1. The molecule has 0 aliphatic rings. The van der Waals surface area contributed by atoms with Crippen LogP contribution in [0.4, 0.5) is 0 Å². The summed E-state index contributed by atoms with van der Waals surface area (Å²) in [6.07, 6.45) is 0. The lowest BCUT2D eigenvalue weighted by molar-refractivity contribution is 0.0744. The molecule has 0 fully saturated rings. The van der Waals surface area contributed by atoms with Crippen molar-refractivity contribution in [1.29, 1.82) is 0 Å². The van der Waals surface area contributed by atoms with Crippen LogP contribution in [0.25, 0.3) is 0 Å². The Labute approximate surface area is 90.9 Å². The summed E-state index contributed by atoms with van der Waals surface area (Å²) in [6, 6.07) is 7.24. The number of carbonyl (C=O) groups is 1. The first kappa shape index (κ1) is 11.9. The van der Waals surface area contributed by atoms with Crippen LogP contribution in [0.15, 0.2) is 24.3 Å². The Morgan fingerprint density at radius 2 is 1.80 bits per heavy atom. The van der Waals surface area contributed by atoms with Gasteiger partial charge in [-0.1, -0.05) is 38.1 Å². The van der Waals surface area contributed by atoms with Crippen LogP contribution in [-0.2, 0) is 5.60 Å². The third kappa shape index (κ3) is 2.66. The van der Waals surface area contributed by atoms with Gasteiger partial charge in [0.05, 0.1) is 5.60 Å². The predicted octanol–water partition coefficient (Wildman–Crippen LogP) is 2.75. The van der Waals surface area contributed by atoms with Crippen LogP contribution in [-0.4, -0.2) is 10.9 Å². The van der Waals surface area contributed by atoms with Gasteiger partial charge in [0.15, 0.2) is 5.78 Å². The second kappa shape index (κ2) is 4.15. The Morgan fingerprint density at radius 3 is 2.27 bits per heavy atom. The van der Waals surface area contributed by atoms with E-state index in [2.05, 4.69) is 0 Å². The van der Waals surface area contributed by atoms with E-state index < -0.39 is 5.60 Å². The second-order valence-corrected chi connectivity index (χ2v) is 4.62. The number of ketones is 1. The third-order valence-corrected chi connectivity index (χ3v) is 2.38. The Bertz CT molecular complexity index is 359. The van der Waals surface area contributed by atoms with E-state index in [0.29, 0.717) is 11.1 Å². The highest BCUT2D eigenvalue weighted by molar-refractivity contribution is 5.99. The van der Waals surface area contributed by atoms with Crippen molar-refractivity contribution in [3.8, 4) is 0 Å². The van der Waals surface area contributed by atoms with E-state index in [0.717, 1.165) is 0 Å². The molecule has 0 saturated carbocycles. The van der Waals surface area contributed by atoms with Gasteiger partial charge in [-0.05, 0) is 19.4 Å². The van der Waals surface area contributed by atoms with Gasteiger partial charge in [-0.25, -0.2) is 0 Å². The van der Waals surface area contributed by atoms with Crippen molar-refractivity contribution in [3.63, 3.8) is 0 Å². The molecule has 0 aliphatic heterocycles. The van der Waals surface area contributed by atoms with Crippen molar-refractivity contribution in [1.82, 2.24) is 0 Å². The largest absolute Gasteiger partial charge is 0.386 e. The van der Waals surface area contributed by atoms with E-state index in [1.54, 1.807) is 26.0 Å². The first-order valence-electron chi connectivity index (χ1n) is 5.20. The van der Waals surface area contributed by atoms with Crippen LogP contribution in [0, 0.1) is 5.92 Å². The van der Waals surface area contributed by atoms with Crippen molar-refractivity contribution in [3.05, 3.63) is 35.4 Å². The van der Waals surface area contributed by atoms with Crippen LogP contribution < -0.4 is 0 Å². The van der Waals surface area contributed by atoms with E-state index >= 15 is 0 Å². The lowest BCUT2D eigenvalue weighted by atomic mass is 9.88. The number of hydrogen-bond donors (Lipinski definition) is 1. The summed E-state index contributed by atoms with van der Waals surface area (Å²) in [5.41, 5.74) is 0.352. The SMILES string of the molecule is CC(C)C(=O)c1ccccc1C(C)(C)O. The maximum atomic E-state index is 11.9. The second-order valence-electron chi connectivity index (χ2n) is 4.62. The molecule has 2 nitrogen and oxygen atoms in total. The van der Waals surface area contributed by atoms with E-state index in [1.807, 2.05) is 26.0 Å². The summed E-state index contributed by atoms with van der Waals surface area (Å²) in [5, 5.41) is 9.95. The highest BCUT2D eigenvalue weighted by Gasteiger charge is 2.23. The molecule has 0 aliphatic carbocycles. The Kier molecular flexibility index (Phi) is 3.30. The number of rotatable bonds is 3. The van der Waals surface area contributed by atoms with Gasteiger partial charge < -0.3 is 5.11 Å². The molecule has 0 unspecified atom stereocenters. The van der Waals surface area contributed by atoms with Crippen LogP contribution in [0.2, 0.25) is 0 Å². The van der Waals surface area contributed by atoms with E-state index in [1.165, 1.54) is 0 Å². The van der Waals surface area contributed by atoms with Gasteiger partial charge in [0.1, 0.15) is 0 Å². The maximum Gasteiger partial charge on any atom is 0.165 e. The van der Waals surface area contributed by atoms with Gasteiger partial charge in [0.2, 0.25) is 0 Å². The van der Waals surface area contributed by atoms with Crippen molar-refractivity contribution in [2.24, 2.45) is 5.92 Å². The molecule has 0 heterocycles. The van der Waals surface area contributed by atoms with Crippen molar-refractivity contribution in [2.45, 2.75) is 33.3 Å². The molecule has 0 amide bonds. The van der Waals surface area contributed by atoms with Gasteiger partial charge in [0.25, 0.3) is 0 Å². The molecule has 0 radical (unpaired) electrons. The van der Waals surface area contributed by atoms with E-state index in [-0.39, 0.29) is 11.7 Å². The lowest BCUT2D eigenvalue weighted by Gasteiger charge is -2.21. The molecular weight excluding hydrogens is 188 g/mol. The van der Waals surface area contributed by atoms with Crippen molar-refractivity contribution >= 4 is 5.78 Å². The molecule has 0 spiro atoms. The van der Waals surface area contributed by atoms with Gasteiger partial charge in [-0.3, -0.25) is 4.79 Å². The molecular formula is C13H18O2. The fourth-order valence-electron chi connectivity index (χ4n) is 1.54. The summed E-state index contributed by atoms with van der Waals surface area (Å²) >= 11 is 0. The first-order chi connectivity index (χ1) is 6.84. The molecule has 0 bridgehead atoms. The van der Waals surface area contributed by atoms with Crippen LogP contribution in [0.5, 0.6) is 0 Å². The lowest BCUT2D eigenvalue weighted by Crippen LogP contribution is -2.21. The van der Waals surface area contributed by atoms with Gasteiger partial charge in [-0.15, -0.1) is 0 Å². The average Bonchev–Trinajstić information content (AvgIpc) is 2.15. The summed E-state index contributed by atoms with van der Waals surface area (Å²) in [6.45, 7) is 7.12. The molecule has 82 valence electrons. The molecule has 1 rings (SSSR count). The average molecular weight is 206 g/mol. The van der Waals surface area contributed by atoms with E-state index in [9.17, 15) is 9.90 Å². The zero-order chi connectivity index (χ0) is 11.6. The quantitative estimate of drug-likeness (QED) is 0.772. The number of hydrogen-bond acceptors (Lipinski definition) is 2. The zero-order valence-corrected chi connectivity index (χ0v) is 9.74. The van der Waals surface area contributed by atoms with Crippen LogP contribution in [0.1, 0.15) is 43.6 Å². The summed E-state index contributed by atoms with van der Waals surface area (Å²) < 4.78 is 0. The third-order valence-electron chi connectivity index (χ3n) is 2.38. The molecule has 2 heteroatoms.